The topological polar surface area (TPSA) is 26.0 Å². The van der Waals surface area contributed by atoms with Crippen molar-refractivity contribution in [3.63, 3.8) is 0 Å². The lowest BCUT2D eigenvalue weighted by Gasteiger charge is -2.07. The minimum atomic E-state index is 0.917. The van der Waals surface area contributed by atoms with Crippen molar-refractivity contribution >= 4 is 29.2 Å². The molecule has 66 valence electrons. The first-order valence-corrected chi connectivity index (χ1v) is 6.12. The van der Waals surface area contributed by atoms with Crippen LogP contribution in [-0.2, 0) is 0 Å². The van der Waals surface area contributed by atoms with E-state index in [1.54, 1.807) is 23.5 Å². The number of anilines is 1. The number of benzene rings is 1. The van der Waals surface area contributed by atoms with Crippen molar-refractivity contribution in [1.29, 1.82) is 0 Å². The Balaban J connectivity index is 3.19. The van der Waals surface area contributed by atoms with E-state index in [0.29, 0.717) is 0 Å². The van der Waals surface area contributed by atoms with Crippen LogP contribution in [0, 0.1) is 6.92 Å². The Morgan fingerprint density at radius 2 is 1.83 bits per heavy atom. The summed E-state index contributed by atoms with van der Waals surface area (Å²) < 4.78 is 0. The van der Waals surface area contributed by atoms with Crippen LogP contribution in [0.1, 0.15) is 5.56 Å². The number of rotatable bonds is 2. The van der Waals surface area contributed by atoms with Gasteiger partial charge in [-0.1, -0.05) is 0 Å². The van der Waals surface area contributed by atoms with Crippen molar-refractivity contribution in [2.75, 3.05) is 18.2 Å². The van der Waals surface area contributed by atoms with Gasteiger partial charge in [0.2, 0.25) is 0 Å². The molecule has 0 saturated carbocycles. The van der Waals surface area contributed by atoms with Crippen molar-refractivity contribution in [2.24, 2.45) is 0 Å². The standard InChI is InChI=1S/C9H13NS2/c1-6-4-7(11-2)5-8(12-3)9(6)10/h4-5H,10H2,1-3H3. The Morgan fingerprint density at radius 3 is 2.33 bits per heavy atom. The maximum Gasteiger partial charge on any atom is 0.0482 e. The summed E-state index contributed by atoms with van der Waals surface area (Å²) in [5, 5.41) is 0. The number of hydrogen-bond donors (Lipinski definition) is 1. The minimum absolute atomic E-state index is 0.917. The van der Waals surface area contributed by atoms with Crippen molar-refractivity contribution < 1.29 is 0 Å². The van der Waals surface area contributed by atoms with Crippen LogP contribution in [0.25, 0.3) is 0 Å². The van der Waals surface area contributed by atoms with Gasteiger partial charge < -0.3 is 5.73 Å². The highest BCUT2D eigenvalue weighted by molar-refractivity contribution is 7.99. The van der Waals surface area contributed by atoms with Gasteiger partial charge in [-0.25, -0.2) is 0 Å². The van der Waals surface area contributed by atoms with E-state index in [0.717, 1.165) is 5.69 Å². The van der Waals surface area contributed by atoms with Crippen LogP contribution >= 0.6 is 23.5 Å². The number of nitrogen functional groups attached to an aromatic ring is 1. The zero-order valence-corrected chi connectivity index (χ0v) is 9.18. The Labute approximate surface area is 82.1 Å². The van der Waals surface area contributed by atoms with E-state index >= 15 is 0 Å². The molecule has 0 bridgehead atoms. The molecule has 1 rings (SSSR count). The zero-order chi connectivity index (χ0) is 9.14. The summed E-state index contributed by atoms with van der Waals surface area (Å²) in [6.07, 6.45) is 4.13. The van der Waals surface area contributed by atoms with Gasteiger partial charge in [0, 0.05) is 15.5 Å². The first-order chi connectivity index (χ1) is 5.69. The maximum atomic E-state index is 5.89. The second-order valence-electron chi connectivity index (χ2n) is 2.56. The molecular weight excluding hydrogens is 186 g/mol. The molecule has 0 aromatic heterocycles. The van der Waals surface area contributed by atoms with E-state index in [4.69, 9.17) is 5.73 Å². The molecule has 0 unspecified atom stereocenters. The highest BCUT2D eigenvalue weighted by Crippen LogP contribution is 2.30. The summed E-state index contributed by atoms with van der Waals surface area (Å²) in [4.78, 5) is 2.46. The van der Waals surface area contributed by atoms with Crippen molar-refractivity contribution in [2.45, 2.75) is 16.7 Å². The largest absolute Gasteiger partial charge is 0.398 e. The van der Waals surface area contributed by atoms with Crippen molar-refractivity contribution in [3.05, 3.63) is 17.7 Å². The number of thioether (sulfide) groups is 2. The lowest BCUT2D eigenvalue weighted by Crippen LogP contribution is -1.92. The second kappa shape index (κ2) is 4.10. The fraction of sp³-hybridized carbons (Fsp3) is 0.333. The first-order valence-electron chi connectivity index (χ1n) is 3.67. The quantitative estimate of drug-likeness (QED) is 0.585. The number of aryl methyl sites for hydroxylation is 1. The normalized spacial score (nSPS) is 10.2. The monoisotopic (exact) mass is 199 g/mol. The molecule has 0 aliphatic rings. The molecule has 3 heteroatoms. The summed E-state index contributed by atoms with van der Waals surface area (Å²) in [7, 11) is 0. The van der Waals surface area contributed by atoms with Crippen molar-refractivity contribution in [3.8, 4) is 0 Å². The molecule has 0 heterocycles. The Kier molecular flexibility index (Phi) is 3.35. The molecule has 0 amide bonds. The smallest absolute Gasteiger partial charge is 0.0482 e. The molecule has 1 aromatic carbocycles. The van der Waals surface area contributed by atoms with E-state index in [2.05, 4.69) is 31.6 Å². The average molecular weight is 199 g/mol. The summed E-state index contributed by atoms with van der Waals surface area (Å²) in [6.45, 7) is 2.05. The van der Waals surface area contributed by atoms with E-state index < -0.39 is 0 Å². The highest BCUT2D eigenvalue weighted by Gasteiger charge is 2.02. The molecule has 0 atom stereocenters. The summed E-state index contributed by atoms with van der Waals surface area (Å²) >= 11 is 3.45. The van der Waals surface area contributed by atoms with Crippen LogP contribution in [0.4, 0.5) is 5.69 Å². The zero-order valence-electron chi connectivity index (χ0n) is 7.55. The third kappa shape index (κ3) is 1.90. The predicted molar refractivity (Wildman–Crippen MR) is 59.2 cm³/mol. The molecule has 0 spiro atoms. The van der Waals surface area contributed by atoms with Gasteiger partial charge in [0.25, 0.3) is 0 Å². The van der Waals surface area contributed by atoms with Gasteiger partial charge in [0.15, 0.2) is 0 Å². The summed E-state index contributed by atoms with van der Waals surface area (Å²) in [5.41, 5.74) is 7.98. The van der Waals surface area contributed by atoms with Crippen LogP contribution in [0.3, 0.4) is 0 Å². The molecule has 0 saturated heterocycles. The molecule has 12 heavy (non-hydrogen) atoms. The third-order valence-electron chi connectivity index (χ3n) is 1.78. The first kappa shape index (κ1) is 9.81. The van der Waals surface area contributed by atoms with Crippen LogP contribution in [0.2, 0.25) is 0 Å². The Hall–Kier alpha value is -0.280. The SMILES string of the molecule is CSc1cc(C)c(N)c(SC)c1. The fourth-order valence-electron chi connectivity index (χ4n) is 1.02. The van der Waals surface area contributed by atoms with Gasteiger partial charge in [-0.15, -0.1) is 23.5 Å². The molecule has 1 aromatic rings. The Bertz CT molecular complexity index is 284. The number of nitrogens with two attached hydrogens (primary N) is 1. The molecule has 0 fully saturated rings. The van der Waals surface area contributed by atoms with Gasteiger partial charge in [0.1, 0.15) is 0 Å². The molecule has 0 radical (unpaired) electrons. The molecule has 0 aliphatic heterocycles. The average Bonchev–Trinajstić information content (AvgIpc) is 2.09. The van der Waals surface area contributed by atoms with E-state index in [9.17, 15) is 0 Å². The molecular formula is C9H13NS2. The summed E-state index contributed by atoms with van der Waals surface area (Å²) in [5.74, 6) is 0. The van der Waals surface area contributed by atoms with Gasteiger partial charge in [-0.3, -0.25) is 0 Å². The van der Waals surface area contributed by atoms with Crippen LogP contribution in [0.15, 0.2) is 21.9 Å². The lowest BCUT2D eigenvalue weighted by molar-refractivity contribution is 1.28. The van der Waals surface area contributed by atoms with Gasteiger partial charge in [0.05, 0.1) is 0 Å². The minimum Gasteiger partial charge on any atom is -0.398 e. The van der Waals surface area contributed by atoms with Crippen LogP contribution in [0.5, 0.6) is 0 Å². The van der Waals surface area contributed by atoms with Gasteiger partial charge >= 0.3 is 0 Å². The van der Waals surface area contributed by atoms with Gasteiger partial charge in [-0.05, 0) is 37.1 Å². The Morgan fingerprint density at radius 1 is 1.17 bits per heavy atom. The third-order valence-corrected chi connectivity index (χ3v) is 3.26. The molecule has 0 aliphatic carbocycles. The van der Waals surface area contributed by atoms with E-state index in [1.807, 2.05) is 0 Å². The van der Waals surface area contributed by atoms with E-state index in [1.165, 1.54) is 15.4 Å². The van der Waals surface area contributed by atoms with Crippen LogP contribution < -0.4 is 5.73 Å². The fourth-order valence-corrected chi connectivity index (χ4v) is 2.25. The maximum absolute atomic E-state index is 5.89. The molecule has 2 N–H and O–H groups in total. The highest BCUT2D eigenvalue weighted by atomic mass is 32.2. The predicted octanol–water partition coefficient (Wildman–Crippen LogP) is 3.02. The van der Waals surface area contributed by atoms with Crippen LogP contribution in [-0.4, -0.2) is 12.5 Å². The lowest BCUT2D eigenvalue weighted by atomic mass is 10.2. The second-order valence-corrected chi connectivity index (χ2v) is 4.29. The van der Waals surface area contributed by atoms with E-state index in [-0.39, 0.29) is 0 Å². The van der Waals surface area contributed by atoms with Gasteiger partial charge in [-0.2, -0.15) is 0 Å². The number of hydrogen-bond acceptors (Lipinski definition) is 3. The summed E-state index contributed by atoms with van der Waals surface area (Å²) in [6, 6.07) is 4.26. The van der Waals surface area contributed by atoms with Crippen molar-refractivity contribution in [1.82, 2.24) is 0 Å². The molecule has 1 nitrogen and oxygen atoms in total.